The fourth-order valence-electron chi connectivity index (χ4n) is 3.49. The molecule has 0 unspecified atom stereocenters. The molecule has 0 spiro atoms. The lowest BCUT2D eigenvalue weighted by Crippen LogP contribution is -2.37. The van der Waals surface area contributed by atoms with Crippen LogP contribution in [0.25, 0.3) is 0 Å². The van der Waals surface area contributed by atoms with Gasteiger partial charge in [0.05, 0.1) is 23.9 Å². The summed E-state index contributed by atoms with van der Waals surface area (Å²) in [5.41, 5.74) is 1.43. The van der Waals surface area contributed by atoms with Gasteiger partial charge in [0, 0.05) is 18.8 Å². The van der Waals surface area contributed by atoms with E-state index in [9.17, 15) is 21.6 Å². The van der Waals surface area contributed by atoms with Gasteiger partial charge >= 0.3 is 0 Å². The van der Waals surface area contributed by atoms with E-state index in [4.69, 9.17) is 4.74 Å². The van der Waals surface area contributed by atoms with E-state index >= 15 is 0 Å². The molecule has 2 aromatic rings. The Bertz CT molecular complexity index is 1190. The van der Waals surface area contributed by atoms with Crippen LogP contribution >= 0.6 is 0 Å². The third-order valence-electron chi connectivity index (χ3n) is 5.13. The van der Waals surface area contributed by atoms with Crippen molar-refractivity contribution in [3.05, 3.63) is 48.0 Å². The Morgan fingerprint density at radius 1 is 1.06 bits per heavy atom. The monoisotopic (exact) mass is 481 g/mol. The number of hydrogen-bond acceptors (Lipinski definition) is 6. The molecule has 174 valence electrons. The minimum atomic E-state index is -3.78. The highest BCUT2D eigenvalue weighted by Crippen LogP contribution is 2.31. The number of ether oxygens (including phenoxy) is 1. The third-order valence-corrected chi connectivity index (χ3v) is 8.17. The predicted octanol–water partition coefficient (Wildman–Crippen LogP) is 2.19. The van der Waals surface area contributed by atoms with Crippen molar-refractivity contribution in [3.8, 4) is 5.75 Å². The van der Waals surface area contributed by atoms with Gasteiger partial charge < -0.3 is 10.1 Å². The zero-order chi connectivity index (χ0) is 23.5. The number of nitrogens with zero attached hydrogens (tertiary/aromatic N) is 2. The number of anilines is 2. The zero-order valence-corrected chi connectivity index (χ0v) is 19.9. The highest BCUT2D eigenvalue weighted by atomic mass is 32.2. The van der Waals surface area contributed by atoms with Crippen LogP contribution in [-0.4, -0.2) is 60.0 Å². The molecule has 3 rings (SSSR count). The zero-order valence-electron chi connectivity index (χ0n) is 18.2. The smallest absolute Gasteiger partial charge is 0.245 e. The summed E-state index contributed by atoms with van der Waals surface area (Å²) in [6.45, 7) is 2.35. The number of sulfonamides is 2. The van der Waals surface area contributed by atoms with E-state index in [1.165, 1.54) is 35.7 Å². The van der Waals surface area contributed by atoms with Gasteiger partial charge in [-0.1, -0.05) is 6.07 Å². The van der Waals surface area contributed by atoms with E-state index in [0.29, 0.717) is 24.5 Å². The van der Waals surface area contributed by atoms with E-state index in [1.807, 2.05) is 0 Å². The molecule has 2 aromatic carbocycles. The maximum absolute atomic E-state index is 12.6. The Balaban J connectivity index is 1.77. The molecule has 11 heteroatoms. The first-order valence-corrected chi connectivity index (χ1v) is 13.3. The van der Waals surface area contributed by atoms with Crippen molar-refractivity contribution in [1.82, 2.24) is 4.31 Å². The molecule has 9 nitrogen and oxygen atoms in total. The molecule has 1 fully saturated rings. The summed E-state index contributed by atoms with van der Waals surface area (Å²) in [6.07, 6.45) is 2.70. The normalized spacial score (nSPS) is 14.8. The van der Waals surface area contributed by atoms with Crippen LogP contribution in [0.4, 0.5) is 11.4 Å². The summed E-state index contributed by atoms with van der Waals surface area (Å²) in [5.74, 6) is -0.251. The number of carbonyl (C=O) groups excluding carboxylic acids is 1. The van der Waals surface area contributed by atoms with Crippen LogP contribution in [-0.2, 0) is 24.8 Å². The Morgan fingerprint density at radius 2 is 1.69 bits per heavy atom. The Kier molecular flexibility index (Phi) is 7.11. The molecule has 0 radical (unpaired) electrons. The molecule has 0 atom stereocenters. The van der Waals surface area contributed by atoms with Gasteiger partial charge in [0.15, 0.2) is 0 Å². The van der Waals surface area contributed by atoms with Gasteiger partial charge in [-0.25, -0.2) is 16.8 Å². The molecule has 0 saturated carbocycles. The van der Waals surface area contributed by atoms with E-state index in [-0.39, 0.29) is 10.6 Å². The van der Waals surface area contributed by atoms with Crippen molar-refractivity contribution >= 4 is 37.3 Å². The number of rotatable bonds is 8. The van der Waals surface area contributed by atoms with Gasteiger partial charge in [-0.05, 0) is 61.7 Å². The summed E-state index contributed by atoms with van der Waals surface area (Å²) in [6, 6.07) is 10.9. The SMILES string of the molecule is COc1ccc(C)cc1N(CC(=O)Nc1ccc(S(=O)(=O)N2CCCC2)cc1)S(C)(=O)=O. The number of benzene rings is 2. The molecule has 1 aliphatic rings. The first kappa shape index (κ1) is 24.0. The predicted molar refractivity (Wildman–Crippen MR) is 123 cm³/mol. The largest absolute Gasteiger partial charge is 0.495 e. The lowest BCUT2D eigenvalue weighted by Gasteiger charge is -2.24. The minimum absolute atomic E-state index is 0.152. The molecule has 1 amide bonds. The highest BCUT2D eigenvalue weighted by Gasteiger charge is 2.27. The molecular formula is C21H27N3O6S2. The van der Waals surface area contributed by atoms with Crippen LogP contribution in [0.1, 0.15) is 18.4 Å². The highest BCUT2D eigenvalue weighted by molar-refractivity contribution is 7.92. The van der Waals surface area contributed by atoms with E-state index in [0.717, 1.165) is 29.0 Å². The quantitative estimate of drug-likeness (QED) is 0.618. The molecule has 32 heavy (non-hydrogen) atoms. The summed E-state index contributed by atoms with van der Waals surface area (Å²) in [5, 5.41) is 2.62. The van der Waals surface area contributed by atoms with E-state index < -0.39 is 32.5 Å². The lowest BCUT2D eigenvalue weighted by molar-refractivity contribution is -0.114. The lowest BCUT2D eigenvalue weighted by atomic mass is 10.2. The van der Waals surface area contributed by atoms with E-state index in [1.54, 1.807) is 25.1 Å². The molecule has 1 aliphatic heterocycles. The fourth-order valence-corrected chi connectivity index (χ4v) is 5.86. The van der Waals surface area contributed by atoms with Crippen LogP contribution in [0.15, 0.2) is 47.4 Å². The van der Waals surface area contributed by atoms with Crippen molar-refractivity contribution in [2.45, 2.75) is 24.7 Å². The molecule has 0 bridgehead atoms. The van der Waals surface area contributed by atoms with Crippen LogP contribution < -0.4 is 14.4 Å². The second-order valence-corrected chi connectivity index (χ2v) is 11.5. The second kappa shape index (κ2) is 9.47. The molecule has 0 aliphatic carbocycles. The van der Waals surface area contributed by atoms with Crippen LogP contribution in [0, 0.1) is 6.92 Å². The fraction of sp³-hybridized carbons (Fsp3) is 0.381. The van der Waals surface area contributed by atoms with Gasteiger partial charge in [-0.2, -0.15) is 4.31 Å². The van der Waals surface area contributed by atoms with Gasteiger partial charge in [0.25, 0.3) is 0 Å². The average molecular weight is 482 g/mol. The van der Waals surface area contributed by atoms with Crippen LogP contribution in [0.2, 0.25) is 0 Å². The first-order chi connectivity index (χ1) is 15.0. The van der Waals surface area contributed by atoms with Crippen molar-refractivity contribution in [3.63, 3.8) is 0 Å². The maximum Gasteiger partial charge on any atom is 0.245 e. The topological polar surface area (TPSA) is 113 Å². The van der Waals surface area contributed by atoms with Gasteiger partial charge in [0.1, 0.15) is 12.3 Å². The van der Waals surface area contributed by atoms with Gasteiger partial charge in [-0.15, -0.1) is 0 Å². The van der Waals surface area contributed by atoms with Crippen molar-refractivity contribution in [1.29, 1.82) is 0 Å². The van der Waals surface area contributed by atoms with Gasteiger partial charge in [0.2, 0.25) is 26.0 Å². The molecule has 0 aromatic heterocycles. The number of nitrogens with one attached hydrogen (secondary N) is 1. The molecule has 1 saturated heterocycles. The maximum atomic E-state index is 12.6. The summed E-state index contributed by atoms with van der Waals surface area (Å²) >= 11 is 0. The second-order valence-electron chi connectivity index (χ2n) is 7.63. The number of hydrogen-bond donors (Lipinski definition) is 1. The average Bonchev–Trinajstić information content (AvgIpc) is 3.27. The van der Waals surface area contributed by atoms with Gasteiger partial charge in [-0.3, -0.25) is 9.10 Å². The van der Waals surface area contributed by atoms with Crippen molar-refractivity contribution < 1.29 is 26.4 Å². The van der Waals surface area contributed by atoms with Crippen molar-refractivity contribution in [2.24, 2.45) is 0 Å². The number of amides is 1. The molecule has 1 heterocycles. The van der Waals surface area contributed by atoms with Crippen molar-refractivity contribution in [2.75, 3.05) is 42.6 Å². The Morgan fingerprint density at radius 3 is 2.25 bits per heavy atom. The number of carbonyl (C=O) groups is 1. The number of methoxy groups -OCH3 is 1. The first-order valence-electron chi connectivity index (χ1n) is 10.0. The summed E-state index contributed by atoms with van der Waals surface area (Å²) in [4.78, 5) is 12.8. The summed E-state index contributed by atoms with van der Waals surface area (Å²) < 4.78 is 57.7. The Labute approximate surface area is 189 Å². The van der Waals surface area contributed by atoms with Crippen LogP contribution in [0.5, 0.6) is 5.75 Å². The minimum Gasteiger partial charge on any atom is -0.495 e. The number of aryl methyl sites for hydroxylation is 1. The van der Waals surface area contributed by atoms with Crippen LogP contribution in [0.3, 0.4) is 0 Å². The molecular weight excluding hydrogens is 454 g/mol. The standard InChI is InChI=1S/C21H27N3O6S2/c1-16-6-11-20(30-2)19(14-16)24(31(3,26)27)15-21(25)22-17-7-9-18(10-8-17)32(28,29)23-12-4-5-13-23/h6-11,14H,4-5,12-13,15H2,1-3H3,(H,22,25). The molecule has 1 N–H and O–H groups in total. The third kappa shape index (κ3) is 5.40. The Hall–Kier alpha value is -2.63. The summed E-state index contributed by atoms with van der Waals surface area (Å²) in [7, 11) is -5.91. The van der Waals surface area contributed by atoms with E-state index in [2.05, 4.69) is 5.32 Å².